The van der Waals surface area contributed by atoms with E-state index in [-0.39, 0.29) is 45.7 Å². The van der Waals surface area contributed by atoms with E-state index in [1.165, 1.54) is 0 Å². The minimum absolute atomic E-state index is 0.196. The van der Waals surface area contributed by atoms with Crippen LogP contribution in [0, 0.1) is 0 Å². The van der Waals surface area contributed by atoms with E-state index in [9.17, 15) is 5.48 Å². The SMILES string of the molecule is [2H]c1c([2H])c([2H])c2c(-c3ccc4c5c(cccc35)-c3ccccc3-4)c3c([2H])c([2H])c([2H])c([2H])c3c(-c3ccc(-c4ccc(-n5c(CC)nc6ccccc65)cc4)cc3)c2c1[2H]. The lowest BCUT2D eigenvalue weighted by Gasteiger charge is -2.19. The van der Waals surface area contributed by atoms with Crippen LogP contribution in [0.1, 0.15) is 23.7 Å². The highest BCUT2D eigenvalue weighted by atomic mass is 15.1. The standard InChI is InChI=1S/C51H34N2/c1-2-48-52-46-20-9-10-21-47(46)53(48)35-28-26-33(27-29-35)32-22-24-34(25-23-32)49-39-14-5-7-16-41(39)51(42-17-8-6-15-40(42)49)45-31-30-44-37-13-4-3-12-36(37)38-18-11-19-43(45)50(38)44/h3-31H,2H2,1H3/i5D,6D,7D,8D,14D,15D,16D,17D. The van der Waals surface area contributed by atoms with Gasteiger partial charge in [0.15, 0.2) is 0 Å². The zero-order valence-electron chi connectivity index (χ0n) is 36.7. The number of para-hydroxylation sites is 2. The summed E-state index contributed by atoms with van der Waals surface area (Å²) in [4.78, 5) is 4.83. The molecule has 0 fully saturated rings. The number of aromatic nitrogens is 2. The number of nitrogens with zero attached hydrogens (tertiary/aromatic N) is 2. The number of rotatable bonds is 5. The molecule has 10 aromatic rings. The van der Waals surface area contributed by atoms with E-state index < -0.39 is 24.2 Å². The fourth-order valence-corrected chi connectivity index (χ4v) is 8.44. The van der Waals surface area contributed by atoms with E-state index in [0.717, 1.165) is 73.1 Å². The minimum Gasteiger partial charge on any atom is -0.296 e. The Hall–Kier alpha value is -6.77. The molecule has 53 heavy (non-hydrogen) atoms. The van der Waals surface area contributed by atoms with Crippen LogP contribution < -0.4 is 0 Å². The van der Waals surface area contributed by atoms with Crippen molar-refractivity contribution in [3.8, 4) is 61.3 Å². The van der Waals surface area contributed by atoms with Gasteiger partial charge in [0, 0.05) is 12.1 Å². The van der Waals surface area contributed by atoms with Crippen molar-refractivity contribution >= 4 is 43.4 Å². The molecule has 2 nitrogen and oxygen atoms in total. The number of benzene rings is 9. The Balaban J connectivity index is 1.16. The van der Waals surface area contributed by atoms with Gasteiger partial charge in [0.25, 0.3) is 0 Å². The molecule has 1 aliphatic rings. The third-order valence-corrected chi connectivity index (χ3v) is 10.8. The van der Waals surface area contributed by atoms with Crippen LogP contribution in [0.25, 0.3) is 105 Å². The lowest BCUT2D eigenvalue weighted by molar-refractivity contribution is 0.908. The van der Waals surface area contributed by atoms with Gasteiger partial charge in [0.05, 0.1) is 22.0 Å². The molecule has 0 spiro atoms. The van der Waals surface area contributed by atoms with E-state index in [4.69, 9.17) is 10.5 Å². The summed E-state index contributed by atoms with van der Waals surface area (Å²) in [7, 11) is 0. The second-order valence-corrected chi connectivity index (χ2v) is 13.5. The quantitative estimate of drug-likeness (QED) is 0.165. The first-order valence-corrected chi connectivity index (χ1v) is 17.9. The van der Waals surface area contributed by atoms with Crippen LogP contribution in [0.3, 0.4) is 0 Å². The maximum absolute atomic E-state index is 9.48. The van der Waals surface area contributed by atoms with Gasteiger partial charge in [0.1, 0.15) is 5.82 Å². The van der Waals surface area contributed by atoms with Crippen molar-refractivity contribution in [3.63, 3.8) is 0 Å². The van der Waals surface area contributed by atoms with Gasteiger partial charge in [-0.25, -0.2) is 4.98 Å². The van der Waals surface area contributed by atoms with Crippen LogP contribution in [0.2, 0.25) is 0 Å². The van der Waals surface area contributed by atoms with Crippen molar-refractivity contribution in [1.29, 1.82) is 0 Å². The number of imidazole rings is 1. The molecule has 0 unspecified atom stereocenters. The molecule has 1 heterocycles. The number of hydrogen-bond donors (Lipinski definition) is 0. The molecular formula is C51H34N2. The molecule has 0 atom stereocenters. The summed E-state index contributed by atoms with van der Waals surface area (Å²) in [6.07, 6.45) is 0.778. The van der Waals surface area contributed by atoms with Crippen molar-refractivity contribution in [2.45, 2.75) is 13.3 Å². The molecule has 1 aromatic heterocycles. The number of aryl methyl sites for hydroxylation is 1. The van der Waals surface area contributed by atoms with Gasteiger partial charge in [0.2, 0.25) is 0 Å². The zero-order chi connectivity index (χ0) is 42.0. The van der Waals surface area contributed by atoms with E-state index in [1.807, 2.05) is 78.9 Å². The average Bonchev–Trinajstić information content (AvgIpc) is 3.85. The molecular weight excluding hydrogens is 641 g/mol. The number of hydrogen-bond acceptors (Lipinski definition) is 1. The maximum Gasteiger partial charge on any atom is 0.114 e. The summed E-state index contributed by atoms with van der Waals surface area (Å²) in [6, 6.07) is 39.3. The first kappa shape index (κ1) is 22.9. The van der Waals surface area contributed by atoms with Crippen molar-refractivity contribution in [3.05, 3.63) is 182 Å². The molecule has 9 aromatic carbocycles. The summed E-state index contributed by atoms with van der Waals surface area (Å²) in [5.41, 5.74) is 11.0. The van der Waals surface area contributed by atoms with E-state index in [1.54, 1.807) is 0 Å². The fourth-order valence-electron chi connectivity index (χ4n) is 8.44. The van der Waals surface area contributed by atoms with Crippen LogP contribution in [-0.4, -0.2) is 9.55 Å². The molecule has 0 amide bonds. The van der Waals surface area contributed by atoms with Crippen molar-refractivity contribution in [2.75, 3.05) is 0 Å². The van der Waals surface area contributed by atoms with E-state index >= 15 is 0 Å². The van der Waals surface area contributed by atoms with Crippen molar-refractivity contribution < 1.29 is 11.0 Å². The van der Waals surface area contributed by atoms with E-state index in [2.05, 4.69) is 60.0 Å². The van der Waals surface area contributed by atoms with Crippen LogP contribution >= 0.6 is 0 Å². The van der Waals surface area contributed by atoms with Gasteiger partial charge in [-0.3, -0.25) is 4.57 Å². The molecule has 11 rings (SSSR count). The third-order valence-electron chi connectivity index (χ3n) is 10.8. The molecule has 1 aliphatic carbocycles. The summed E-state index contributed by atoms with van der Waals surface area (Å²) in [5, 5.41) is 2.61. The lowest BCUT2D eigenvalue weighted by atomic mass is 9.84. The molecule has 248 valence electrons. The normalized spacial score (nSPS) is 14.1. The Kier molecular flexibility index (Phi) is 5.03. The van der Waals surface area contributed by atoms with Gasteiger partial charge in [-0.05, 0) is 112 Å². The molecule has 0 bridgehead atoms. The molecule has 2 heteroatoms. The van der Waals surface area contributed by atoms with E-state index in [0.29, 0.717) is 22.3 Å². The Morgan fingerprint density at radius 2 is 1.00 bits per heavy atom. The molecule has 0 radical (unpaired) electrons. The van der Waals surface area contributed by atoms with Crippen LogP contribution in [0.15, 0.2) is 176 Å². The molecule has 0 aliphatic heterocycles. The highest BCUT2D eigenvalue weighted by Gasteiger charge is 2.24. The largest absolute Gasteiger partial charge is 0.296 e. The lowest BCUT2D eigenvalue weighted by Crippen LogP contribution is -1.99. The summed E-state index contributed by atoms with van der Waals surface area (Å²) in [6.45, 7) is 2.09. The average molecular weight is 683 g/mol. The zero-order valence-corrected chi connectivity index (χ0v) is 28.7. The Morgan fingerprint density at radius 3 is 1.66 bits per heavy atom. The van der Waals surface area contributed by atoms with Crippen LogP contribution in [0.4, 0.5) is 0 Å². The van der Waals surface area contributed by atoms with Crippen molar-refractivity contribution in [2.24, 2.45) is 0 Å². The number of fused-ring (bicyclic) bond motifs is 6. The summed E-state index contributed by atoms with van der Waals surface area (Å²) in [5.74, 6) is 0.971. The third kappa shape index (κ3) is 4.42. The monoisotopic (exact) mass is 682 g/mol. The molecule has 0 saturated carbocycles. The van der Waals surface area contributed by atoms with Gasteiger partial charge in [-0.15, -0.1) is 0 Å². The Bertz CT molecular complexity index is 3430. The van der Waals surface area contributed by atoms with Crippen molar-refractivity contribution in [1.82, 2.24) is 9.55 Å². The van der Waals surface area contributed by atoms with Gasteiger partial charge >= 0.3 is 0 Å². The molecule has 0 saturated heterocycles. The Labute approximate surface area is 319 Å². The second kappa shape index (κ2) is 11.6. The maximum atomic E-state index is 9.48. The highest BCUT2D eigenvalue weighted by molar-refractivity contribution is 6.26. The van der Waals surface area contributed by atoms with Gasteiger partial charge in [-0.2, -0.15) is 0 Å². The smallest absolute Gasteiger partial charge is 0.114 e. The molecule has 0 N–H and O–H groups in total. The predicted molar refractivity (Wildman–Crippen MR) is 224 cm³/mol. The highest BCUT2D eigenvalue weighted by Crippen LogP contribution is 2.51. The topological polar surface area (TPSA) is 17.8 Å². The van der Waals surface area contributed by atoms with Crippen LogP contribution in [-0.2, 0) is 6.42 Å². The second-order valence-electron chi connectivity index (χ2n) is 13.5. The summed E-state index contributed by atoms with van der Waals surface area (Å²) >= 11 is 0. The summed E-state index contributed by atoms with van der Waals surface area (Å²) < 4.78 is 75.6. The first-order valence-electron chi connectivity index (χ1n) is 21.9. The van der Waals surface area contributed by atoms with Gasteiger partial charge < -0.3 is 0 Å². The predicted octanol–water partition coefficient (Wildman–Crippen LogP) is 13.7. The minimum atomic E-state index is -0.422. The van der Waals surface area contributed by atoms with Crippen LogP contribution in [0.5, 0.6) is 0 Å². The fraction of sp³-hybridized carbons (Fsp3) is 0.0392. The Morgan fingerprint density at radius 1 is 0.472 bits per heavy atom. The van der Waals surface area contributed by atoms with Gasteiger partial charge in [-0.1, -0.05) is 158 Å². The first-order chi connectivity index (χ1) is 29.6.